The first-order chi connectivity index (χ1) is 14.6. The number of nitrogens with two attached hydrogens (primary N) is 2. The van der Waals surface area contributed by atoms with E-state index in [-0.39, 0.29) is 16.4 Å². The third-order valence-corrected chi connectivity index (χ3v) is 6.59. The van der Waals surface area contributed by atoms with Gasteiger partial charge in [0, 0.05) is 37.6 Å². The Hall–Kier alpha value is -2.56. The van der Waals surface area contributed by atoms with Crippen LogP contribution >= 0.6 is 23.4 Å². The van der Waals surface area contributed by atoms with Crippen molar-refractivity contribution in [3.63, 3.8) is 0 Å². The SMILES string of the molecule is CN(C)C(=O)C(=O)Nc1cccc(Sc2ncc(N3CCC(C)(N)CC3)nc2N)c1Cl. The minimum Gasteiger partial charge on any atom is -0.381 e. The average molecular weight is 464 g/mol. The summed E-state index contributed by atoms with van der Waals surface area (Å²) in [6.07, 6.45) is 3.43. The number of piperidine rings is 1. The van der Waals surface area contributed by atoms with E-state index in [1.54, 1.807) is 24.4 Å². The Balaban J connectivity index is 1.74. The second-order valence-corrected chi connectivity index (χ2v) is 9.34. The summed E-state index contributed by atoms with van der Waals surface area (Å²) in [7, 11) is 3.00. The zero-order chi connectivity index (χ0) is 22.8. The van der Waals surface area contributed by atoms with Crippen LogP contribution in [-0.4, -0.2) is 59.4 Å². The molecule has 1 aromatic carbocycles. The highest BCUT2D eigenvalue weighted by molar-refractivity contribution is 7.99. The minimum absolute atomic E-state index is 0.153. The zero-order valence-corrected chi connectivity index (χ0v) is 19.3. The maximum atomic E-state index is 12.0. The summed E-state index contributed by atoms with van der Waals surface area (Å²) in [6, 6.07) is 5.12. The lowest BCUT2D eigenvalue weighted by Gasteiger charge is -2.37. The number of hydrogen-bond donors (Lipinski definition) is 3. The number of aromatic nitrogens is 2. The van der Waals surface area contributed by atoms with Gasteiger partial charge in [-0.15, -0.1) is 0 Å². The number of carbonyl (C=O) groups is 2. The van der Waals surface area contributed by atoms with Crippen molar-refractivity contribution < 1.29 is 9.59 Å². The second kappa shape index (κ2) is 9.29. The summed E-state index contributed by atoms with van der Waals surface area (Å²) in [5.74, 6) is -0.441. The summed E-state index contributed by atoms with van der Waals surface area (Å²) in [6.45, 7) is 3.65. The van der Waals surface area contributed by atoms with Crippen LogP contribution in [0.1, 0.15) is 19.8 Å². The monoisotopic (exact) mass is 463 g/mol. The molecule has 31 heavy (non-hydrogen) atoms. The van der Waals surface area contributed by atoms with Crippen molar-refractivity contribution in [2.45, 2.75) is 35.2 Å². The highest BCUT2D eigenvalue weighted by Crippen LogP contribution is 2.38. The van der Waals surface area contributed by atoms with Gasteiger partial charge >= 0.3 is 11.8 Å². The molecule has 1 aliphatic rings. The number of anilines is 3. The van der Waals surface area contributed by atoms with E-state index in [4.69, 9.17) is 23.1 Å². The number of nitrogens with one attached hydrogen (secondary N) is 1. The molecule has 0 unspecified atom stereocenters. The molecule has 2 aromatic rings. The van der Waals surface area contributed by atoms with Crippen LogP contribution in [0.4, 0.5) is 17.3 Å². The van der Waals surface area contributed by atoms with Crippen LogP contribution in [0.5, 0.6) is 0 Å². The molecule has 166 valence electrons. The van der Waals surface area contributed by atoms with Gasteiger partial charge in [-0.1, -0.05) is 29.4 Å². The van der Waals surface area contributed by atoms with Crippen molar-refractivity contribution in [3.05, 3.63) is 29.4 Å². The molecule has 0 atom stereocenters. The van der Waals surface area contributed by atoms with Gasteiger partial charge in [0.25, 0.3) is 0 Å². The number of benzene rings is 1. The van der Waals surface area contributed by atoms with E-state index in [1.807, 2.05) is 0 Å². The van der Waals surface area contributed by atoms with Crippen molar-refractivity contribution in [1.82, 2.24) is 14.9 Å². The zero-order valence-electron chi connectivity index (χ0n) is 17.7. The van der Waals surface area contributed by atoms with E-state index in [0.29, 0.717) is 21.4 Å². The van der Waals surface area contributed by atoms with Gasteiger partial charge in [-0.2, -0.15) is 0 Å². The molecule has 5 N–H and O–H groups in total. The van der Waals surface area contributed by atoms with Gasteiger partial charge in [-0.25, -0.2) is 9.97 Å². The van der Waals surface area contributed by atoms with E-state index in [2.05, 4.69) is 27.1 Å². The summed E-state index contributed by atoms with van der Waals surface area (Å²) in [5, 5.41) is 3.32. The highest BCUT2D eigenvalue weighted by Gasteiger charge is 2.27. The third-order valence-electron chi connectivity index (χ3n) is 5.00. The summed E-state index contributed by atoms with van der Waals surface area (Å²) in [4.78, 5) is 36.7. The lowest BCUT2D eigenvalue weighted by atomic mass is 9.91. The van der Waals surface area contributed by atoms with Gasteiger partial charge in [0.1, 0.15) is 10.8 Å². The average Bonchev–Trinajstić information content (AvgIpc) is 2.71. The molecule has 0 spiro atoms. The topological polar surface area (TPSA) is 130 Å². The van der Waals surface area contributed by atoms with E-state index < -0.39 is 11.8 Å². The highest BCUT2D eigenvalue weighted by atomic mass is 35.5. The first-order valence-electron chi connectivity index (χ1n) is 9.73. The fourth-order valence-electron chi connectivity index (χ4n) is 3.03. The van der Waals surface area contributed by atoms with Crippen LogP contribution in [-0.2, 0) is 9.59 Å². The normalized spacial score (nSPS) is 15.5. The Morgan fingerprint density at radius 3 is 2.58 bits per heavy atom. The molecular weight excluding hydrogens is 438 g/mol. The van der Waals surface area contributed by atoms with Crippen LogP contribution in [0.25, 0.3) is 0 Å². The molecule has 11 heteroatoms. The third kappa shape index (κ3) is 5.57. The molecule has 0 saturated carbocycles. The first kappa shape index (κ1) is 23.1. The van der Waals surface area contributed by atoms with Crippen LogP contribution < -0.4 is 21.7 Å². The van der Waals surface area contributed by atoms with Crippen molar-refractivity contribution in [1.29, 1.82) is 0 Å². The Kier molecular flexibility index (Phi) is 6.93. The van der Waals surface area contributed by atoms with Gasteiger partial charge in [0.2, 0.25) is 0 Å². The Morgan fingerprint density at radius 2 is 1.97 bits per heavy atom. The molecule has 0 bridgehead atoms. The summed E-state index contributed by atoms with van der Waals surface area (Å²) < 4.78 is 0. The van der Waals surface area contributed by atoms with E-state index in [1.165, 1.54) is 30.8 Å². The quantitative estimate of drug-likeness (QED) is 0.588. The van der Waals surface area contributed by atoms with Gasteiger partial charge in [-0.05, 0) is 31.9 Å². The summed E-state index contributed by atoms with van der Waals surface area (Å²) >= 11 is 7.69. The maximum absolute atomic E-state index is 12.0. The number of nitrogen functional groups attached to an aromatic ring is 1. The van der Waals surface area contributed by atoms with Crippen LogP contribution in [0.3, 0.4) is 0 Å². The number of rotatable bonds is 4. The molecule has 1 aliphatic heterocycles. The fraction of sp³-hybridized carbons (Fsp3) is 0.400. The van der Waals surface area contributed by atoms with Crippen LogP contribution in [0.2, 0.25) is 5.02 Å². The van der Waals surface area contributed by atoms with Crippen LogP contribution in [0, 0.1) is 0 Å². The van der Waals surface area contributed by atoms with Crippen molar-refractivity contribution in [2.75, 3.05) is 43.1 Å². The van der Waals surface area contributed by atoms with Crippen molar-refractivity contribution >= 4 is 52.5 Å². The smallest absolute Gasteiger partial charge is 0.313 e. The maximum Gasteiger partial charge on any atom is 0.313 e. The number of hydrogen-bond acceptors (Lipinski definition) is 8. The van der Waals surface area contributed by atoms with Crippen molar-refractivity contribution in [2.24, 2.45) is 5.73 Å². The van der Waals surface area contributed by atoms with Crippen molar-refractivity contribution in [3.8, 4) is 0 Å². The van der Waals surface area contributed by atoms with Gasteiger partial charge in [0.05, 0.1) is 16.9 Å². The molecule has 1 saturated heterocycles. The Labute approximate surface area is 190 Å². The molecule has 0 radical (unpaired) electrons. The predicted octanol–water partition coefficient (Wildman–Crippen LogP) is 2.21. The molecule has 9 nitrogen and oxygen atoms in total. The van der Waals surface area contributed by atoms with Gasteiger partial charge in [-0.3, -0.25) is 9.59 Å². The summed E-state index contributed by atoms with van der Waals surface area (Å²) in [5.41, 5.74) is 12.5. The predicted molar refractivity (Wildman–Crippen MR) is 123 cm³/mol. The molecule has 3 rings (SSSR count). The molecule has 0 aliphatic carbocycles. The fourth-order valence-corrected chi connectivity index (χ4v) is 4.13. The van der Waals surface area contributed by atoms with E-state index in [0.717, 1.165) is 25.9 Å². The lowest BCUT2D eigenvalue weighted by molar-refractivity contribution is -0.141. The second-order valence-electron chi connectivity index (χ2n) is 7.93. The standard InChI is InChI=1S/C20H26ClN7O2S/c1-20(23)7-9-28(10-8-20)14-11-24-18(16(22)26-14)31-13-6-4-5-12(15(13)21)25-17(29)19(30)27(2)3/h4-6,11H,7-10,23H2,1-3H3,(H2,22,26)(H,25,29). The molecule has 1 fully saturated rings. The molecule has 2 heterocycles. The minimum atomic E-state index is -0.771. The molecule has 1 aromatic heterocycles. The number of amides is 2. The van der Waals surface area contributed by atoms with E-state index >= 15 is 0 Å². The molecular formula is C20H26ClN7O2S. The van der Waals surface area contributed by atoms with Crippen LogP contribution in [0.15, 0.2) is 34.3 Å². The Bertz CT molecular complexity index is 989. The number of nitrogens with zero attached hydrogens (tertiary/aromatic N) is 4. The first-order valence-corrected chi connectivity index (χ1v) is 10.9. The van der Waals surface area contributed by atoms with Gasteiger partial charge in [0.15, 0.2) is 5.82 Å². The number of halogens is 1. The van der Waals surface area contributed by atoms with Gasteiger partial charge < -0.3 is 26.6 Å². The largest absolute Gasteiger partial charge is 0.381 e. The lowest BCUT2D eigenvalue weighted by Crippen LogP contribution is -2.48. The number of likely N-dealkylation sites (N-methyl/N-ethyl adjacent to an activating group) is 1. The van der Waals surface area contributed by atoms with E-state index in [9.17, 15) is 9.59 Å². The number of carbonyl (C=O) groups excluding carboxylic acids is 2. The molecule has 2 amide bonds. The Morgan fingerprint density at radius 1 is 1.29 bits per heavy atom.